The molecule has 1 aromatic carbocycles. The fourth-order valence-corrected chi connectivity index (χ4v) is 0.753. The molecule has 0 atom stereocenters. The summed E-state index contributed by atoms with van der Waals surface area (Å²) in [6, 6.07) is 6.49. The highest BCUT2D eigenvalue weighted by atomic mass is 16.3. The number of phenols is 1. The van der Waals surface area contributed by atoms with Crippen LogP contribution in [0.25, 0.3) is 10.4 Å². The fraction of sp³-hybridized carbons (Fsp3) is 0.111. The van der Waals surface area contributed by atoms with Gasteiger partial charge in [0.2, 0.25) is 0 Å². The minimum atomic E-state index is 0.164. The highest BCUT2D eigenvalue weighted by Gasteiger charge is 1.86. The van der Waals surface area contributed by atoms with Crippen molar-refractivity contribution in [3.8, 4) is 17.6 Å². The van der Waals surface area contributed by atoms with E-state index < -0.39 is 0 Å². The second kappa shape index (κ2) is 4.70. The molecule has 0 amide bonds. The zero-order valence-electron chi connectivity index (χ0n) is 6.81. The predicted octanol–water partition coefficient (Wildman–Crippen LogP) is 2.05. The Labute approximate surface area is 75.5 Å². The summed E-state index contributed by atoms with van der Waals surface area (Å²) in [5.74, 6) is 5.66. The first-order valence-electron chi connectivity index (χ1n) is 3.61. The van der Waals surface area contributed by atoms with Gasteiger partial charge in [0.05, 0.1) is 6.54 Å². The molecule has 4 heteroatoms. The summed E-state index contributed by atoms with van der Waals surface area (Å²) in [5, 5.41) is 12.2. The minimum absolute atomic E-state index is 0.164. The molecule has 0 spiro atoms. The van der Waals surface area contributed by atoms with E-state index in [0.29, 0.717) is 0 Å². The van der Waals surface area contributed by atoms with E-state index in [4.69, 9.17) is 10.6 Å². The molecule has 0 aliphatic carbocycles. The van der Waals surface area contributed by atoms with Crippen LogP contribution in [0.4, 0.5) is 0 Å². The number of benzene rings is 1. The molecule has 13 heavy (non-hydrogen) atoms. The van der Waals surface area contributed by atoms with E-state index in [-0.39, 0.29) is 12.3 Å². The minimum Gasteiger partial charge on any atom is -0.508 e. The zero-order valence-corrected chi connectivity index (χ0v) is 6.81. The Bertz CT molecular complexity index is 380. The first-order valence-corrected chi connectivity index (χ1v) is 3.61. The van der Waals surface area contributed by atoms with Gasteiger partial charge < -0.3 is 5.11 Å². The second-order valence-corrected chi connectivity index (χ2v) is 2.24. The van der Waals surface area contributed by atoms with E-state index in [1.54, 1.807) is 24.3 Å². The van der Waals surface area contributed by atoms with Crippen molar-refractivity contribution in [1.29, 1.82) is 0 Å². The van der Waals surface area contributed by atoms with Crippen molar-refractivity contribution in [2.75, 3.05) is 6.54 Å². The fourth-order valence-electron chi connectivity index (χ4n) is 0.753. The van der Waals surface area contributed by atoms with E-state index in [0.717, 1.165) is 5.56 Å². The molecule has 0 aliphatic heterocycles. The number of azide groups is 1. The molecule has 0 aromatic heterocycles. The molecule has 0 saturated heterocycles. The van der Waals surface area contributed by atoms with Crippen LogP contribution in [-0.2, 0) is 0 Å². The maximum absolute atomic E-state index is 8.95. The normalized spacial score (nSPS) is 8.00. The number of aromatic hydroxyl groups is 1. The Morgan fingerprint density at radius 1 is 1.38 bits per heavy atom. The van der Waals surface area contributed by atoms with E-state index >= 15 is 0 Å². The predicted molar refractivity (Wildman–Crippen MR) is 49.0 cm³/mol. The monoisotopic (exact) mass is 173 g/mol. The summed E-state index contributed by atoms with van der Waals surface area (Å²) >= 11 is 0. The van der Waals surface area contributed by atoms with Crippen molar-refractivity contribution < 1.29 is 5.11 Å². The van der Waals surface area contributed by atoms with Crippen molar-refractivity contribution in [3.63, 3.8) is 0 Å². The van der Waals surface area contributed by atoms with Crippen LogP contribution >= 0.6 is 0 Å². The number of phenolic OH excluding ortho intramolecular Hbond substituents is 1. The molecule has 4 nitrogen and oxygen atoms in total. The van der Waals surface area contributed by atoms with Crippen LogP contribution in [0.5, 0.6) is 5.75 Å². The molecule has 1 aromatic rings. The Morgan fingerprint density at radius 2 is 2.08 bits per heavy atom. The number of hydrogen-bond donors (Lipinski definition) is 1. The SMILES string of the molecule is [N-]=[N+]=NCC#Cc1ccc(O)cc1. The van der Waals surface area contributed by atoms with Gasteiger partial charge in [0.15, 0.2) is 0 Å². The van der Waals surface area contributed by atoms with Gasteiger partial charge >= 0.3 is 0 Å². The van der Waals surface area contributed by atoms with Crippen LogP contribution in [-0.4, -0.2) is 11.7 Å². The topological polar surface area (TPSA) is 69.0 Å². The van der Waals surface area contributed by atoms with Crippen LogP contribution in [0.3, 0.4) is 0 Å². The van der Waals surface area contributed by atoms with Gasteiger partial charge in [-0.05, 0) is 29.8 Å². The van der Waals surface area contributed by atoms with Gasteiger partial charge in [0.25, 0.3) is 0 Å². The highest BCUT2D eigenvalue weighted by Crippen LogP contribution is 2.07. The maximum Gasteiger partial charge on any atom is 0.115 e. The van der Waals surface area contributed by atoms with Gasteiger partial charge in [0.1, 0.15) is 5.75 Å². The van der Waals surface area contributed by atoms with Crippen LogP contribution in [0.2, 0.25) is 0 Å². The number of hydrogen-bond acceptors (Lipinski definition) is 2. The molecular formula is C9H7N3O. The lowest BCUT2D eigenvalue weighted by Gasteiger charge is -1.89. The number of rotatable bonds is 1. The highest BCUT2D eigenvalue weighted by molar-refractivity contribution is 5.37. The third-order valence-electron chi connectivity index (χ3n) is 1.31. The lowest BCUT2D eigenvalue weighted by atomic mass is 10.2. The van der Waals surface area contributed by atoms with Crippen molar-refractivity contribution in [3.05, 3.63) is 40.3 Å². The Hall–Kier alpha value is -2.11. The summed E-state index contributed by atoms with van der Waals surface area (Å²) in [5.41, 5.74) is 8.74. The lowest BCUT2D eigenvalue weighted by Crippen LogP contribution is -1.73. The van der Waals surface area contributed by atoms with Crippen molar-refractivity contribution in [2.45, 2.75) is 0 Å². The van der Waals surface area contributed by atoms with E-state index in [1.807, 2.05) is 0 Å². The van der Waals surface area contributed by atoms with E-state index in [9.17, 15) is 0 Å². The summed E-state index contributed by atoms with van der Waals surface area (Å²) in [7, 11) is 0. The zero-order chi connectivity index (χ0) is 9.52. The maximum atomic E-state index is 8.95. The molecule has 0 bridgehead atoms. The third kappa shape index (κ3) is 3.19. The summed E-state index contributed by atoms with van der Waals surface area (Å²) in [4.78, 5) is 2.56. The van der Waals surface area contributed by atoms with Gasteiger partial charge in [0, 0.05) is 10.5 Å². The third-order valence-corrected chi connectivity index (χ3v) is 1.31. The van der Waals surface area contributed by atoms with Crippen LogP contribution in [0.15, 0.2) is 29.4 Å². The molecule has 1 N–H and O–H groups in total. The quantitative estimate of drug-likeness (QED) is 0.300. The van der Waals surface area contributed by atoms with E-state index in [2.05, 4.69) is 21.9 Å². The Kier molecular flexibility index (Phi) is 3.25. The summed E-state index contributed by atoms with van der Waals surface area (Å²) in [6.45, 7) is 0.164. The molecule has 64 valence electrons. The van der Waals surface area contributed by atoms with Crippen LogP contribution in [0, 0.1) is 11.8 Å². The number of nitrogens with zero attached hydrogens (tertiary/aromatic N) is 3. The van der Waals surface area contributed by atoms with E-state index in [1.165, 1.54) is 0 Å². The largest absolute Gasteiger partial charge is 0.508 e. The molecule has 0 radical (unpaired) electrons. The standard InChI is InChI=1S/C9H7N3O/c10-12-11-7-1-2-8-3-5-9(13)6-4-8/h3-6,13H,7H2. The smallest absolute Gasteiger partial charge is 0.115 e. The van der Waals surface area contributed by atoms with Gasteiger partial charge in [-0.25, -0.2) is 0 Å². The van der Waals surface area contributed by atoms with Crippen LogP contribution in [0.1, 0.15) is 5.56 Å². The molecular weight excluding hydrogens is 166 g/mol. The molecule has 0 fully saturated rings. The molecule has 0 heterocycles. The van der Waals surface area contributed by atoms with Gasteiger partial charge in [-0.3, -0.25) is 0 Å². The average Bonchev–Trinajstić information content (AvgIpc) is 2.15. The summed E-state index contributed by atoms with van der Waals surface area (Å²) < 4.78 is 0. The van der Waals surface area contributed by atoms with Gasteiger partial charge in [-0.1, -0.05) is 17.0 Å². The molecule has 0 saturated carbocycles. The lowest BCUT2D eigenvalue weighted by molar-refractivity contribution is 0.475. The molecule has 0 aliphatic rings. The first kappa shape index (κ1) is 8.98. The van der Waals surface area contributed by atoms with Gasteiger partial charge in [-0.15, -0.1) is 0 Å². The van der Waals surface area contributed by atoms with Gasteiger partial charge in [-0.2, -0.15) is 0 Å². The van der Waals surface area contributed by atoms with Crippen molar-refractivity contribution >= 4 is 0 Å². The van der Waals surface area contributed by atoms with Crippen molar-refractivity contribution in [1.82, 2.24) is 0 Å². The molecule has 0 unspecified atom stereocenters. The first-order chi connectivity index (χ1) is 6.33. The van der Waals surface area contributed by atoms with Crippen molar-refractivity contribution in [2.24, 2.45) is 5.11 Å². The Morgan fingerprint density at radius 3 is 2.69 bits per heavy atom. The average molecular weight is 173 g/mol. The Balaban J connectivity index is 2.66. The summed E-state index contributed by atoms with van der Waals surface area (Å²) in [6.07, 6.45) is 0. The van der Waals surface area contributed by atoms with Crippen LogP contribution < -0.4 is 0 Å². The second-order valence-electron chi connectivity index (χ2n) is 2.24. The molecule has 1 rings (SSSR count).